The predicted molar refractivity (Wildman–Crippen MR) is 86.8 cm³/mol. The first kappa shape index (κ1) is 16.5. The molecule has 21 heavy (non-hydrogen) atoms. The van der Waals surface area contributed by atoms with Crippen LogP contribution in [0.4, 0.5) is 0 Å². The third kappa shape index (κ3) is 4.29. The minimum Gasteiger partial charge on any atom is -0.476 e. The molecule has 2 rings (SSSR count). The number of ether oxygens (including phenoxy) is 1. The van der Waals surface area contributed by atoms with E-state index in [4.69, 9.17) is 16.3 Å². The Labute approximate surface area is 142 Å². The van der Waals surface area contributed by atoms with Crippen LogP contribution in [0.1, 0.15) is 18.1 Å². The summed E-state index contributed by atoms with van der Waals surface area (Å²) in [5.41, 5.74) is 0.410. The number of benzene rings is 1. The number of nitrogens with one attached hydrogen (secondary N) is 1. The number of nitrogens with zero attached hydrogens (tertiary/aromatic N) is 1. The fourth-order valence-electron chi connectivity index (χ4n) is 1.61. The lowest BCUT2D eigenvalue weighted by Crippen LogP contribution is -2.13. The molecule has 0 unspecified atom stereocenters. The summed E-state index contributed by atoms with van der Waals surface area (Å²) in [6.07, 6.45) is -0.279. The zero-order valence-electron chi connectivity index (χ0n) is 10.6. The summed E-state index contributed by atoms with van der Waals surface area (Å²) in [4.78, 5) is 11.3. The van der Waals surface area contributed by atoms with Gasteiger partial charge in [-0.1, -0.05) is 23.7 Å². The van der Waals surface area contributed by atoms with Crippen LogP contribution < -0.4 is 10.3 Å². The number of hydrogen-bond donors (Lipinski definition) is 2. The van der Waals surface area contributed by atoms with E-state index in [0.717, 1.165) is 5.56 Å². The van der Waals surface area contributed by atoms with Gasteiger partial charge in [0.2, 0.25) is 5.88 Å². The number of hydrogen-bond acceptors (Lipinski definition) is 4. The van der Waals surface area contributed by atoms with Crippen LogP contribution in [0.15, 0.2) is 38.0 Å². The molecule has 0 aliphatic heterocycles. The minimum absolute atomic E-state index is 0.244. The molecule has 1 aromatic carbocycles. The number of H-pyrrole nitrogens is 1. The van der Waals surface area contributed by atoms with Gasteiger partial charge in [-0.25, -0.2) is 5.10 Å². The minimum atomic E-state index is -0.660. The van der Waals surface area contributed by atoms with Crippen molar-refractivity contribution in [3.8, 4) is 5.88 Å². The van der Waals surface area contributed by atoms with Gasteiger partial charge in [0.15, 0.2) is 0 Å². The van der Waals surface area contributed by atoms with Crippen LogP contribution in [-0.2, 0) is 0 Å². The normalized spacial score (nSPS) is 12.2. The highest BCUT2D eigenvalue weighted by molar-refractivity contribution is 9.13. The summed E-state index contributed by atoms with van der Waals surface area (Å²) >= 11 is 12.1. The van der Waals surface area contributed by atoms with Crippen LogP contribution >= 0.6 is 43.5 Å². The summed E-state index contributed by atoms with van der Waals surface area (Å²) in [6, 6.07) is 6.96. The van der Waals surface area contributed by atoms with Gasteiger partial charge >= 0.3 is 0 Å². The topological polar surface area (TPSA) is 75.2 Å². The largest absolute Gasteiger partial charge is 0.476 e. The zero-order valence-corrected chi connectivity index (χ0v) is 14.6. The smallest absolute Gasteiger partial charge is 0.279 e. The van der Waals surface area contributed by atoms with E-state index in [9.17, 15) is 9.90 Å². The predicted octanol–water partition coefficient (Wildman–Crippen LogP) is 3.45. The van der Waals surface area contributed by atoms with Crippen molar-refractivity contribution in [2.75, 3.05) is 6.61 Å². The molecule has 112 valence electrons. The second kappa shape index (κ2) is 7.40. The van der Waals surface area contributed by atoms with Crippen LogP contribution in [-0.4, -0.2) is 21.9 Å². The van der Waals surface area contributed by atoms with Crippen LogP contribution in [0.3, 0.4) is 0 Å². The maximum absolute atomic E-state index is 11.3. The number of aromatic nitrogens is 2. The van der Waals surface area contributed by atoms with Crippen molar-refractivity contribution < 1.29 is 9.84 Å². The Kier molecular flexibility index (Phi) is 5.80. The molecule has 0 radical (unpaired) electrons. The first-order chi connectivity index (χ1) is 9.99. The fraction of sp³-hybridized carbons (Fsp3) is 0.231. The highest BCUT2D eigenvalue weighted by Gasteiger charge is 2.12. The molecule has 2 aromatic rings. The molecule has 0 bridgehead atoms. The molecule has 0 spiro atoms. The summed E-state index contributed by atoms with van der Waals surface area (Å²) < 4.78 is 6.19. The van der Waals surface area contributed by atoms with Gasteiger partial charge in [-0.3, -0.25) is 4.79 Å². The van der Waals surface area contributed by atoms with Gasteiger partial charge in [0.1, 0.15) is 8.95 Å². The molecule has 1 aromatic heterocycles. The summed E-state index contributed by atoms with van der Waals surface area (Å²) in [6.45, 7) is 0.244. The highest BCUT2D eigenvalue weighted by Crippen LogP contribution is 2.27. The van der Waals surface area contributed by atoms with Crippen LogP contribution in [0, 0.1) is 0 Å². The molecule has 5 nitrogen and oxygen atoms in total. The van der Waals surface area contributed by atoms with Crippen molar-refractivity contribution >= 4 is 43.5 Å². The van der Waals surface area contributed by atoms with Crippen LogP contribution in [0.25, 0.3) is 0 Å². The second-order valence-electron chi connectivity index (χ2n) is 4.19. The molecule has 0 saturated heterocycles. The molecule has 0 aliphatic rings. The van der Waals surface area contributed by atoms with E-state index in [0.29, 0.717) is 20.4 Å². The third-order valence-corrected chi connectivity index (χ3v) is 5.00. The Morgan fingerprint density at radius 3 is 2.62 bits per heavy atom. The average molecular weight is 439 g/mol. The third-order valence-electron chi connectivity index (χ3n) is 2.72. The summed E-state index contributed by atoms with van der Waals surface area (Å²) in [5, 5.41) is 16.7. The standard InChI is InChI=1S/C13H11Br2ClN2O3/c14-10-11(15)13(18-17-12(10)20)21-6-5-9(19)7-1-3-8(16)4-2-7/h1-4,9,19H,5-6H2,(H,17,20)/t9-/m0/s1. The number of aromatic amines is 1. The molecule has 0 saturated carbocycles. The lowest BCUT2D eigenvalue weighted by atomic mass is 10.1. The number of rotatable bonds is 5. The lowest BCUT2D eigenvalue weighted by molar-refractivity contribution is 0.138. The first-order valence-corrected chi connectivity index (χ1v) is 7.95. The van der Waals surface area contributed by atoms with E-state index in [1.54, 1.807) is 24.3 Å². The van der Waals surface area contributed by atoms with Gasteiger partial charge in [0.25, 0.3) is 5.56 Å². The van der Waals surface area contributed by atoms with Gasteiger partial charge in [0.05, 0.1) is 12.7 Å². The van der Waals surface area contributed by atoms with Crippen LogP contribution in [0.5, 0.6) is 5.88 Å². The Morgan fingerprint density at radius 1 is 1.29 bits per heavy atom. The molecule has 1 atom stereocenters. The van der Waals surface area contributed by atoms with Crippen molar-refractivity contribution in [3.63, 3.8) is 0 Å². The van der Waals surface area contributed by atoms with Crippen molar-refractivity contribution in [1.29, 1.82) is 0 Å². The van der Waals surface area contributed by atoms with Gasteiger partial charge < -0.3 is 9.84 Å². The van der Waals surface area contributed by atoms with Gasteiger partial charge in [0, 0.05) is 11.4 Å². The highest BCUT2D eigenvalue weighted by atomic mass is 79.9. The van der Waals surface area contributed by atoms with Crippen molar-refractivity contribution in [1.82, 2.24) is 10.2 Å². The first-order valence-electron chi connectivity index (χ1n) is 5.99. The van der Waals surface area contributed by atoms with E-state index in [1.807, 2.05) is 0 Å². The monoisotopic (exact) mass is 436 g/mol. The van der Waals surface area contributed by atoms with Crippen molar-refractivity contribution in [2.45, 2.75) is 12.5 Å². The van der Waals surface area contributed by atoms with E-state index in [2.05, 4.69) is 42.1 Å². The molecule has 8 heteroatoms. The SMILES string of the molecule is O=c1[nH]nc(OCC[C@H](O)c2ccc(Cl)cc2)c(Br)c1Br. The Morgan fingerprint density at radius 2 is 1.95 bits per heavy atom. The van der Waals surface area contributed by atoms with Gasteiger partial charge in [-0.2, -0.15) is 0 Å². The molecular weight excluding hydrogens is 427 g/mol. The Bertz CT molecular complexity index is 676. The lowest BCUT2D eigenvalue weighted by Gasteiger charge is -2.12. The molecular formula is C13H11Br2ClN2O3. The molecule has 2 N–H and O–H groups in total. The van der Waals surface area contributed by atoms with Crippen LogP contribution in [0.2, 0.25) is 5.02 Å². The Balaban J connectivity index is 1.94. The maximum atomic E-state index is 11.3. The number of halogens is 3. The average Bonchev–Trinajstić information content (AvgIpc) is 2.48. The van der Waals surface area contributed by atoms with E-state index in [1.165, 1.54) is 0 Å². The quantitative estimate of drug-likeness (QED) is 0.750. The number of aliphatic hydroxyl groups excluding tert-OH is 1. The van der Waals surface area contributed by atoms with E-state index in [-0.39, 0.29) is 18.0 Å². The summed E-state index contributed by atoms with van der Waals surface area (Å²) in [7, 11) is 0. The maximum Gasteiger partial charge on any atom is 0.279 e. The zero-order chi connectivity index (χ0) is 15.4. The molecule has 0 aliphatic carbocycles. The molecule has 0 fully saturated rings. The molecule has 0 amide bonds. The summed E-state index contributed by atoms with van der Waals surface area (Å²) in [5.74, 6) is 0.254. The number of aliphatic hydroxyl groups is 1. The van der Waals surface area contributed by atoms with Gasteiger partial charge in [-0.15, -0.1) is 5.10 Å². The van der Waals surface area contributed by atoms with Crippen molar-refractivity contribution in [2.24, 2.45) is 0 Å². The van der Waals surface area contributed by atoms with E-state index >= 15 is 0 Å². The fourth-order valence-corrected chi connectivity index (χ4v) is 2.38. The van der Waals surface area contributed by atoms with Crippen molar-refractivity contribution in [3.05, 3.63) is 54.2 Å². The van der Waals surface area contributed by atoms with Gasteiger partial charge in [-0.05, 0) is 49.6 Å². The Hall–Kier alpha value is -0.890. The molecule has 1 heterocycles. The van der Waals surface area contributed by atoms with E-state index < -0.39 is 6.10 Å². The second-order valence-corrected chi connectivity index (χ2v) is 6.21.